The molecule has 2 unspecified atom stereocenters. The topological polar surface area (TPSA) is 46.0 Å². The Morgan fingerprint density at radius 2 is 1.94 bits per heavy atom. The van der Waals surface area contributed by atoms with Crippen LogP contribution in [0.25, 0.3) is 0 Å². The van der Waals surface area contributed by atoms with Crippen molar-refractivity contribution in [3.63, 3.8) is 0 Å². The maximum Gasteiger partial charge on any atom is 0.197 e. The van der Waals surface area contributed by atoms with Crippen LogP contribution in [0.1, 0.15) is 38.8 Å². The highest BCUT2D eigenvalue weighted by molar-refractivity contribution is 9.10. The van der Waals surface area contributed by atoms with Gasteiger partial charge < -0.3 is 5.11 Å². The summed E-state index contributed by atoms with van der Waals surface area (Å²) < 4.78 is 0.558. The third kappa shape index (κ3) is 2.45. The van der Waals surface area contributed by atoms with Crippen LogP contribution in [0.3, 0.4) is 0 Å². The summed E-state index contributed by atoms with van der Waals surface area (Å²) in [4.78, 5) is 8.71. The van der Waals surface area contributed by atoms with Gasteiger partial charge in [-0.3, -0.25) is 0 Å². The first-order valence-corrected chi connectivity index (χ1v) is 8.31. The van der Waals surface area contributed by atoms with Gasteiger partial charge >= 0.3 is 0 Å². The lowest BCUT2D eigenvalue weighted by molar-refractivity contribution is -0.0929. The molecule has 1 fully saturated rings. The zero-order valence-corrected chi connectivity index (χ0v) is 13.4. The van der Waals surface area contributed by atoms with E-state index in [1.165, 1.54) is 6.42 Å². The summed E-state index contributed by atoms with van der Waals surface area (Å²) in [6, 6.07) is 1.92. The second kappa shape index (κ2) is 5.47. The molecule has 0 bridgehead atoms. The van der Waals surface area contributed by atoms with E-state index in [9.17, 15) is 5.11 Å². The van der Waals surface area contributed by atoms with Crippen molar-refractivity contribution in [2.24, 2.45) is 11.8 Å². The number of thioether (sulfide) groups is 1. The fourth-order valence-electron chi connectivity index (χ4n) is 2.87. The first-order valence-electron chi connectivity index (χ1n) is 6.30. The van der Waals surface area contributed by atoms with Crippen LogP contribution in [0.2, 0.25) is 0 Å². The van der Waals surface area contributed by atoms with Gasteiger partial charge in [0.1, 0.15) is 10.6 Å². The summed E-state index contributed by atoms with van der Waals surface area (Å²) in [5.74, 6) is 0.468. The van der Waals surface area contributed by atoms with Gasteiger partial charge in [0.25, 0.3) is 0 Å². The number of hydrogen-bond donors (Lipinski definition) is 1. The van der Waals surface area contributed by atoms with E-state index in [4.69, 9.17) is 0 Å². The zero-order valence-electron chi connectivity index (χ0n) is 11.0. The molecule has 0 saturated heterocycles. The summed E-state index contributed by atoms with van der Waals surface area (Å²) in [6.07, 6.45) is 5.27. The van der Waals surface area contributed by atoms with Gasteiger partial charge in [0, 0.05) is 0 Å². The Labute approximate surface area is 121 Å². The van der Waals surface area contributed by atoms with E-state index in [-0.39, 0.29) is 11.8 Å². The van der Waals surface area contributed by atoms with E-state index >= 15 is 0 Å². The molecule has 1 aromatic heterocycles. The van der Waals surface area contributed by atoms with Crippen molar-refractivity contribution in [2.45, 2.75) is 43.7 Å². The fourth-order valence-corrected chi connectivity index (χ4v) is 3.77. The Hall–Kier alpha value is -0.130. The van der Waals surface area contributed by atoms with E-state index in [0.717, 1.165) is 23.6 Å². The third-order valence-corrected chi connectivity index (χ3v) is 5.05. The van der Waals surface area contributed by atoms with Gasteiger partial charge in [0.2, 0.25) is 0 Å². The average Bonchev–Trinajstić information content (AvgIpc) is 2.35. The second-order valence-corrected chi connectivity index (χ2v) is 6.66. The number of rotatable bonds is 2. The molecule has 5 heteroatoms. The van der Waals surface area contributed by atoms with Crippen molar-refractivity contribution < 1.29 is 5.11 Å². The lowest BCUT2D eigenvalue weighted by Gasteiger charge is -2.42. The number of aliphatic hydroxyl groups is 1. The van der Waals surface area contributed by atoms with Gasteiger partial charge in [-0.2, -0.15) is 0 Å². The first kappa shape index (κ1) is 14.3. The molecule has 1 N–H and O–H groups in total. The van der Waals surface area contributed by atoms with Crippen molar-refractivity contribution in [3.05, 3.63) is 16.5 Å². The van der Waals surface area contributed by atoms with E-state index in [1.807, 2.05) is 12.3 Å². The molecule has 100 valence electrons. The van der Waals surface area contributed by atoms with Crippen molar-refractivity contribution in [3.8, 4) is 0 Å². The molecule has 2 atom stereocenters. The summed E-state index contributed by atoms with van der Waals surface area (Å²) >= 11 is 4.91. The Balaban J connectivity index is 2.47. The van der Waals surface area contributed by atoms with Crippen LogP contribution in [0, 0.1) is 11.8 Å². The molecule has 2 rings (SSSR count). The maximum absolute atomic E-state index is 11.1. The smallest absolute Gasteiger partial charge is 0.197 e. The lowest BCUT2D eigenvalue weighted by atomic mass is 9.68. The second-order valence-electron chi connectivity index (χ2n) is 5.12. The number of aromatic nitrogens is 2. The van der Waals surface area contributed by atoms with Gasteiger partial charge in [-0.05, 0) is 52.9 Å². The maximum atomic E-state index is 11.1. The molecule has 1 saturated carbocycles. The van der Waals surface area contributed by atoms with Crippen molar-refractivity contribution in [1.29, 1.82) is 0 Å². The molecule has 0 radical (unpaired) electrons. The summed E-state index contributed by atoms with van der Waals surface area (Å²) in [6.45, 7) is 4.23. The minimum absolute atomic E-state index is 0.234. The largest absolute Gasteiger partial charge is 0.383 e. The highest BCUT2D eigenvalue weighted by Crippen LogP contribution is 2.45. The molecule has 0 spiro atoms. The van der Waals surface area contributed by atoms with Crippen LogP contribution >= 0.6 is 27.7 Å². The molecule has 0 aromatic carbocycles. The summed E-state index contributed by atoms with van der Waals surface area (Å²) in [7, 11) is 0. The highest BCUT2D eigenvalue weighted by Gasteiger charge is 2.44. The molecule has 18 heavy (non-hydrogen) atoms. The highest BCUT2D eigenvalue weighted by atomic mass is 79.9. The van der Waals surface area contributed by atoms with E-state index in [1.54, 1.807) is 11.8 Å². The quantitative estimate of drug-likeness (QED) is 0.511. The van der Waals surface area contributed by atoms with Gasteiger partial charge in [0.15, 0.2) is 4.73 Å². The van der Waals surface area contributed by atoms with Crippen molar-refractivity contribution in [2.75, 3.05) is 6.26 Å². The predicted octanol–water partition coefficient (Wildman–Crippen LogP) is 3.60. The van der Waals surface area contributed by atoms with Gasteiger partial charge in [-0.1, -0.05) is 20.3 Å². The Morgan fingerprint density at radius 3 is 2.50 bits per heavy atom. The molecular weight excluding hydrogens is 312 g/mol. The number of hydrogen-bond acceptors (Lipinski definition) is 4. The van der Waals surface area contributed by atoms with Gasteiger partial charge in [0.05, 0.1) is 5.69 Å². The standard InChI is InChI=1S/C13H19BrN2OS/c1-8-5-4-6-9(2)13(8,17)10-7-11(18-3)16-12(14)15-10/h7-9,17H,4-6H2,1-3H3. The van der Waals surface area contributed by atoms with Crippen LogP contribution in [-0.4, -0.2) is 21.3 Å². The number of halogens is 1. The monoisotopic (exact) mass is 330 g/mol. The van der Waals surface area contributed by atoms with E-state index < -0.39 is 5.60 Å². The molecule has 3 nitrogen and oxygen atoms in total. The molecule has 0 aliphatic heterocycles. The SMILES string of the molecule is CSc1cc(C2(O)C(C)CCCC2C)nc(Br)n1. The van der Waals surface area contributed by atoms with Crippen LogP contribution in [-0.2, 0) is 5.60 Å². The molecule has 0 amide bonds. The van der Waals surface area contributed by atoms with Crippen molar-refractivity contribution >= 4 is 27.7 Å². The van der Waals surface area contributed by atoms with Gasteiger partial charge in [-0.15, -0.1) is 11.8 Å². The summed E-state index contributed by atoms with van der Waals surface area (Å²) in [5.41, 5.74) is -0.0674. The molecule has 1 aliphatic carbocycles. The molecule has 1 aromatic rings. The Kier molecular flexibility index (Phi) is 4.34. The average molecular weight is 331 g/mol. The van der Waals surface area contributed by atoms with Crippen molar-refractivity contribution in [1.82, 2.24) is 9.97 Å². The van der Waals surface area contributed by atoms with Crippen LogP contribution < -0.4 is 0 Å². The van der Waals surface area contributed by atoms with Gasteiger partial charge in [-0.25, -0.2) is 9.97 Å². The lowest BCUT2D eigenvalue weighted by Crippen LogP contribution is -2.43. The Morgan fingerprint density at radius 1 is 1.33 bits per heavy atom. The fraction of sp³-hybridized carbons (Fsp3) is 0.692. The zero-order chi connectivity index (χ0) is 13.3. The third-order valence-electron chi connectivity index (χ3n) is 4.07. The predicted molar refractivity (Wildman–Crippen MR) is 77.6 cm³/mol. The summed E-state index contributed by atoms with van der Waals surface area (Å²) in [5, 5.41) is 12.0. The minimum atomic E-state index is -0.825. The Bertz CT molecular complexity index is 431. The number of nitrogens with zero attached hydrogens (tertiary/aromatic N) is 2. The first-order chi connectivity index (χ1) is 8.48. The molecular formula is C13H19BrN2OS. The van der Waals surface area contributed by atoms with E-state index in [0.29, 0.717) is 4.73 Å². The van der Waals surface area contributed by atoms with Crippen LogP contribution in [0.4, 0.5) is 0 Å². The van der Waals surface area contributed by atoms with Crippen LogP contribution in [0.15, 0.2) is 15.8 Å². The molecule has 1 heterocycles. The van der Waals surface area contributed by atoms with Crippen LogP contribution in [0.5, 0.6) is 0 Å². The molecule has 1 aliphatic rings. The minimum Gasteiger partial charge on any atom is -0.383 e. The normalized spacial score (nSPS) is 32.5. The van der Waals surface area contributed by atoms with E-state index in [2.05, 4.69) is 39.7 Å².